The minimum atomic E-state index is -5.01. The van der Waals surface area contributed by atoms with Crippen LogP contribution in [0.1, 0.15) is 84.0 Å². The van der Waals surface area contributed by atoms with Crippen LogP contribution < -0.4 is 56.5 Å². The van der Waals surface area contributed by atoms with E-state index in [9.17, 15) is 27.7 Å². The molecule has 0 aliphatic carbocycles. The summed E-state index contributed by atoms with van der Waals surface area (Å²) in [5.74, 6) is -3.06. The molecule has 0 aliphatic heterocycles. The van der Waals surface area contributed by atoms with Gasteiger partial charge < -0.3 is 14.6 Å². The Labute approximate surface area is 211 Å². The summed E-state index contributed by atoms with van der Waals surface area (Å²) in [6, 6.07) is 0. The van der Waals surface area contributed by atoms with Crippen LogP contribution in [0.2, 0.25) is 0 Å². The van der Waals surface area contributed by atoms with Crippen molar-refractivity contribution in [1.29, 1.82) is 0 Å². The fourth-order valence-corrected chi connectivity index (χ4v) is 3.78. The molecule has 0 aromatic carbocycles. The maximum atomic E-state index is 12.2. The van der Waals surface area contributed by atoms with Gasteiger partial charge in [-0.15, -0.1) is 6.58 Å². The SMILES string of the molecule is C=CCC(CC(=O)[O-])(C(=O)OCCCCCCCCCCCC)S(=O)(=O)O.[K+]. The molecule has 0 fully saturated rings. The summed E-state index contributed by atoms with van der Waals surface area (Å²) < 4.78 is 35.0. The topological polar surface area (TPSA) is 121 Å². The first-order chi connectivity index (χ1) is 12.7. The molecule has 0 heterocycles. The molecule has 0 aliphatic rings. The second-order valence-corrected chi connectivity index (χ2v) is 8.56. The van der Waals surface area contributed by atoms with Gasteiger partial charge in [0.15, 0.2) is 0 Å². The van der Waals surface area contributed by atoms with Crippen LogP contribution in [0.5, 0.6) is 0 Å². The van der Waals surface area contributed by atoms with Crippen molar-refractivity contribution in [2.75, 3.05) is 6.61 Å². The maximum Gasteiger partial charge on any atom is 1.00 e. The molecular formula is C19H33KO7S. The molecule has 0 aromatic rings. The summed E-state index contributed by atoms with van der Waals surface area (Å²) in [4.78, 5) is 23.1. The van der Waals surface area contributed by atoms with Gasteiger partial charge in [-0.05, 0) is 12.8 Å². The van der Waals surface area contributed by atoms with Crippen molar-refractivity contribution in [3.05, 3.63) is 12.7 Å². The number of hydrogen-bond acceptors (Lipinski definition) is 6. The Morgan fingerprint density at radius 3 is 1.89 bits per heavy atom. The van der Waals surface area contributed by atoms with Crippen molar-refractivity contribution in [1.82, 2.24) is 0 Å². The van der Waals surface area contributed by atoms with E-state index in [1.807, 2.05) is 0 Å². The first kappa shape index (κ1) is 30.4. The number of hydrogen-bond donors (Lipinski definition) is 1. The number of carboxylic acid groups (broad SMARTS) is 1. The number of rotatable bonds is 17. The van der Waals surface area contributed by atoms with E-state index in [0.29, 0.717) is 6.42 Å². The average Bonchev–Trinajstić information content (AvgIpc) is 2.57. The Balaban J connectivity index is 0. The Morgan fingerprint density at radius 1 is 1.04 bits per heavy atom. The Kier molecular flexibility index (Phi) is 18.4. The van der Waals surface area contributed by atoms with Crippen LogP contribution in [0.3, 0.4) is 0 Å². The normalized spacial score (nSPS) is 13.2. The van der Waals surface area contributed by atoms with E-state index in [1.54, 1.807) is 0 Å². The van der Waals surface area contributed by atoms with Gasteiger partial charge in [-0.2, -0.15) is 8.42 Å². The number of carbonyl (C=O) groups excluding carboxylic acids is 2. The van der Waals surface area contributed by atoms with E-state index in [4.69, 9.17) is 4.74 Å². The summed E-state index contributed by atoms with van der Waals surface area (Å²) in [5, 5.41) is 10.9. The van der Waals surface area contributed by atoms with Gasteiger partial charge in [0.2, 0.25) is 4.75 Å². The molecule has 0 aromatic heterocycles. The third-order valence-corrected chi connectivity index (χ3v) is 5.97. The fraction of sp³-hybridized carbons (Fsp3) is 0.789. The second-order valence-electron chi connectivity index (χ2n) is 6.83. The van der Waals surface area contributed by atoms with Crippen molar-refractivity contribution in [2.45, 2.75) is 88.7 Å². The average molecular weight is 445 g/mol. The van der Waals surface area contributed by atoms with Crippen LogP contribution in [0.15, 0.2) is 12.7 Å². The van der Waals surface area contributed by atoms with E-state index >= 15 is 0 Å². The molecule has 7 nitrogen and oxygen atoms in total. The summed E-state index contributed by atoms with van der Waals surface area (Å²) in [7, 11) is -5.01. The van der Waals surface area contributed by atoms with Crippen molar-refractivity contribution in [2.24, 2.45) is 0 Å². The predicted molar refractivity (Wildman–Crippen MR) is 102 cm³/mol. The Morgan fingerprint density at radius 2 is 1.50 bits per heavy atom. The van der Waals surface area contributed by atoms with Crippen LogP contribution >= 0.6 is 0 Å². The molecule has 0 saturated carbocycles. The summed E-state index contributed by atoms with van der Waals surface area (Å²) in [6.45, 7) is 5.47. The third-order valence-electron chi connectivity index (χ3n) is 4.50. The largest absolute Gasteiger partial charge is 1.00 e. The molecule has 158 valence electrons. The minimum Gasteiger partial charge on any atom is -0.550 e. The molecule has 1 N–H and O–H groups in total. The van der Waals surface area contributed by atoms with E-state index in [2.05, 4.69) is 13.5 Å². The van der Waals surface area contributed by atoms with Gasteiger partial charge in [0.25, 0.3) is 10.1 Å². The van der Waals surface area contributed by atoms with Crippen LogP contribution in [-0.4, -0.2) is 36.3 Å². The van der Waals surface area contributed by atoms with Gasteiger partial charge in [-0.25, -0.2) is 0 Å². The number of carbonyl (C=O) groups is 2. The first-order valence-electron chi connectivity index (χ1n) is 9.66. The molecular weight excluding hydrogens is 411 g/mol. The zero-order valence-corrected chi connectivity index (χ0v) is 21.2. The van der Waals surface area contributed by atoms with Crippen molar-refractivity contribution in [3.63, 3.8) is 0 Å². The van der Waals surface area contributed by atoms with Crippen LogP contribution in [0.4, 0.5) is 0 Å². The van der Waals surface area contributed by atoms with Gasteiger partial charge in [0.05, 0.1) is 6.61 Å². The smallest absolute Gasteiger partial charge is 0.550 e. The molecule has 1 unspecified atom stereocenters. The number of carboxylic acids is 1. The van der Waals surface area contributed by atoms with Gasteiger partial charge >= 0.3 is 57.4 Å². The second kappa shape index (κ2) is 17.0. The monoisotopic (exact) mass is 444 g/mol. The van der Waals surface area contributed by atoms with Crippen molar-refractivity contribution < 1.29 is 83.8 Å². The first-order valence-corrected chi connectivity index (χ1v) is 11.1. The summed E-state index contributed by atoms with van der Waals surface area (Å²) >= 11 is 0. The number of aliphatic carboxylic acids is 1. The third kappa shape index (κ3) is 12.0. The molecule has 9 heteroatoms. The molecule has 0 bridgehead atoms. The van der Waals surface area contributed by atoms with Crippen LogP contribution in [0.25, 0.3) is 0 Å². The van der Waals surface area contributed by atoms with Crippen LogP contribution in [0, 0.1) is 0 Å². The molecule has 0 radical (unpaired) electrons. The van der Waals surface area contributed by atoms with Crippen molar-refractivity contribution >= 4 is 22.1 Å². The number of esters is 1. The van der Waals surface area contributed by atoms with E-state index in [-0.39, 0.29) is 58.0 Å². The molecule has 28 heavy (non-hydrogen) atoms. The zero-order chi connectivity index (χ0) is 20.8. The van der Waals surface area contributed by atoms with E-state index in [0.717, 1.165) is 25.3 Å². The number of allylic oxidation sites excluding steroid dienone is 1. The predicted octanol–water partition coefficient (Wildman–Crippen LogP) is -0.203. The van der Waals surface area contributed by atoms with E-state index in [1.165, 1.54) is 38.5 Å². The quantitative estimate of drug-likeness (QED) is 0.108. The van der Waals surface area contributed by atoms with Gasteiger partial charge in [0.1, 0.15) is 0 Å². The van der Waals surface area contributed by atoms with Gasteiger partial charge in [0, 0.05) is 12.4 Å². The van der Waals surface area contributed by atoms with Gasteiger partial charge in [-0.1, -0.05) is 70.8 Å². The van der Waals surface area contributed by atoms with Gasteiger partial charge in [-0.3, -0.25) is 9.35 Å². The molecule has 0 amide bonds. The Hall–Kier alpha value is 0.226. The van der Waals surface area contributed by atoms with Crippen molar-refractivity contribution in [3.8, 4) is 0 Å². The summed E-state index contributed by atoms with van der Waals surface area (Å²) in [6.07, 6.45) is 10.2. The Bertz CT molecular complexity index is 563. The van der Waals surface area contributed by atoms with E-state index < -0.39 is 39.6 Å². The maximum absolute atomic E-state index is 12.2. The fourth-order valence-electron chi connectivity index (χ4n) is 2.88. The molecule has 0 saturated heterocycles. The zero-order valence-electron chi connectivity index (χ0n) is 17.3. The molecule has 1 atom stereocenters. The number of ether oxygens (including phenoxy) is 1. The number of unbranched alkanes of at least 4 members (excludes halogenated alkanes) is 9. The molecule has 0 spiro atoms. The van der Waals surface area contributed by atoms with Crippen LogP contribution in [-0.2, 0) is 24.4 Å². The summed E-state index contributed by atoms with van der Waals surface area (Å²) in [5.41, 5.74) is 0. The minimum absolute atomic E-state index is 0. The standard InChI is InChI=1S/C19H34O7S.K/c1-3-5-6-7-8-9-10-11-12-13-15-26-18(22)19(14-4-2,16-17(20)21)27(23,24)25;/h4H,2-3,5-16H2,1H3,(H,20,21)(H,23,24,25);/q;+1/p-1. The molecule has 0 rings (SSSR count).